The fourth-order valence-electron chi connectivity index (χ4n) is 2.89. The summed E-state index contributed by atoms with van der Waals surface area (Å²) in [5.74, 6) is -4.69. The van der Waals surface area contributed by atoms with Gasteiger partial charge in [0.1, 0.15) is 28.6 Å². The van der Waals surface area contributed by atoms with Crippen molar-refractivity contribution in [3.63, 3.8) is 0 Å². The molecule has 0 amide bonds. The maximum atomic E-state index is 14.1. The normalized spacial score (nSPS) is 18.0. The average Bonchev–Trinajstić information content (AvgIpc) is 2.85. The predicted octanol–water partition coefficient (Wildman–Crippen LogP) is 3.68. The Balaban J connectivity index is 2.15. The van der Waals surface area contributed by atoms with Gasteiger partial charge >= 0.3 is 0 Å². The number of hydrogen-bond donors (Lipinski definition) is 1. The summed E-state index contributed by atoms with van der Waals surface area (Å²) in [6, 6.07) is 6.96. The lowest BCUT2D eigenvalue weighted by atomic mass is 10.1. The molecule has 1 aliphatic carbocycles. The highest BCUT2D eigenvalue weighted by molar-refractivity contribution is 7.92. The molecule has 1 aliphatic rings. The zero-order valence-electron chi connectivity index (χ0n) is 13.4. The Labute approximate surface area is 157 Å². The lowest BCUT2D eigenvalue weighted by Crippen LogP contribution is -2.22. The SMILES string of the molecule is N#Cc1cc(F)cc(Oc2ccc(S(=O)(=O)CCl)c3c2CC(F)(F)[C@H]3O)c1. The summed E-state index contributed by atoms with van der Waals surface area (Å²) >= 11 is 5.41. The molecular weight excluding hydrogens is 407 g/mol. The van der Waals surface area contributed by atoms with E-state index in [4.69, 9.17) is 21.6 Å². The molecule has 0 spiro atoms. The molecule has 3 rings (SSSR count). The lowest BCUT2D eigenvalue weighted by Gasteiger charge is -2.16. The number of benzene rings is 2. The Bertz CT molecular complexity index is 1070. The second kappa shape index (κ2) is 6.71. The summed E-state index contributed by atoms with van der Waals surface area (Å²) in [4.78, 5) is -0.513. The van der Waals surface area contributed by atoms with Crippen molar-refractivity contribution in [1.29, 1.82) is 5.26 Å². The van der Waals surface area contributed by atoms with E-state index >= 15 is 0 Å². The van der Waals surface area contributed by atoms with Crippen LogP contribution in [0.4, 0.5) is 13.2 Å². The maximum Gasteiger partial charge on any atom is 0.281 e. The van der Waals surface area contributed by atoms with E-state index in [1.54, 1.807) is 6.07 Å². The number of halogens is 4. The Hall–Kier alpha value is -2.28. The second-order valence-corrected chi connectivity index (χ2v) is 8.45. The number of rotatable bonds is 4. The van der Waals surface area contributed by atoms with Crippen LogP contribution in [0.3, 0.4) is 0 Å². The van der Waals surface area contributed by atoms with Gasteiger partial charge in [-0.25, -0.2) is 21.6 Å². The summed E-state index contributed by atoms with van der Waals surface area (Å²) in [5.41, 5.74) is -0.759. The average molecular weight is 418 g/mol. The number of nitriles is 1. The number of sulfone groups is 1. The van der Waals surface area contributed by atoms with Gasteiger partial charge in [0, 0.05) is 23.6 Å². The zero-order chi connectivity index (χ0) is 20.0. The third kappa shape index (κ3) is 3.48. The van der Waals surface area contributed by atoms with Gasteiger partial charge in [0.2, 0.25) is 0 Å². The standard InChI is InChI=1S/C17H11ClF3NO4S/c18-8-27(24,25)14-2-1-13(12-6-17(20,21)16(23)15(12)14)26-11-4-9(7-22)3-10(19)5-11/h1-5,16,23H,6,8H2/t16-/m0/s1. The molecule has 0 saturated carbocycles. The first-order chi connectivity index (χ1) is 12.6. The Morgan fingerprint density at radius 2 is 2.04 bits per heavy atom. The van der Waals surface area contributed by atoms with Crippen LogP contribution in [0.2, 0.25) is 0 Å². The van der Waals surface area contributed by atoms with Gasteiger partial charge in [-0.2, -0.15) is 5.26 Å². The van der Waals surface area contributed by atoms with Crippen molar-refractivity contribution in [2.45, 2.75) is 23.3 Å². The Kier molecular flexibility index (Phi) is 4.84. The number of nitrogens with zero attached hydrogens (tertiary/aromatic N) is 1. The van der Waals surface area contributed by atoms with Crippen molar-refractivity contribution in [2.75, 3.05) is 5.21 Å². The molecule has 142 valence electrons. The van der Waals surface area contributed by atoms with Crippen LogP contribution in [0.25, 0.3) is 0 Å². The molecule has 10 heteroatoms. The van der Waals surface area contributed by atoms with Crippen molar-refractivity contribution in [2.24, 2.45) is 0 Å². The van der Waals surface area contributed by atoms with E-state index in [1.807, 2.05) is 0 Å². The molecule has 27 heavy (non-hydrogen) atoms. The molecule has 0 radical (unpaired) electrons. The molecule has 0 aromatic heterocycles. The van der Waals surface area contributed by atoms with Crippen molar-refractivity contribution in [3.05, 3.63) is 52.8 Å². The molecule has 1 N–H and O–H groups in total. The third-order valence-electron chi connectivity index (χ3n) is 4.07. The summed E-state index contributed by atoms with van der Waals surface area (Å²) in [7, 11) is -4.10. The smallest absolute Gasteiger partial charge is 0.281 e. The van der Waals surface area contributed by atoms with Gasteiger partial charge in [-0.15, -0.1) is 11.6 Å². The monoisotopic (exact) mass is 417 g/mol. The number of fused-ring (bicyclic) bond motifs is 1. The number of aliphatic hydroxyl groups is 1. The van der Waals surface area contributed by atoms with Gasteiger partial charge in [0.15, 0.2) is 9.84 Å². The minimum absolute atomic E-state index is 0.0478. The van der Waals surface area contributed by atoms with Gasteiger partial charge in [0.05, 0.1) is 16.5 Å². The van der Waals surface area contributed by atoms with Gasteiger partial charge in [0.25, 0.3) is 5.92 Å². The molecule has 2 aromatic rings. The van der Waals surface area contributed by atoms with E-state index in [2.05, 4.69) is 0 Å². The van der Waals surface area contributed by atoms with Crippen molar-refractivity contribution in [3.8, 4) is 17.6 Å². The number of ether oxygens (including phenoxy) is 1. The van der Waals surface area contributed by atoms with Crippen molar-refractivity contribution >= 4 is 21.4 Å². The molecule has 0 aliphatic heterocycles. The summed E-state index contributed by atoms with van der Waals surface area (Å²) < 4.78 is 71.3. The lowest BCUT2D eigenvalue weighted by molar-refractivity contribution is -0.0976. The Morgan fingerprint density at radius 3 is 2.67 bits per heavy atom. The van der Waals surface area contributed by atoms with Crippen LogP contribution in [0, 0.1) is 17.1 Å². The number of hydrogen-bond acceptors (Lipinski definition) is 5. The summed E-state index contributed by atoms with van der Waals surface area (Å²) in [6.45, 7) is 0. The van der Waals surface area contributed by atoms with Gasteiger partial charge in [-0.05, 0) is 24.3 Å². The topological polar surface area (TPSA) is 87.4 Å². The quantitative estimate of drug-likeness (QED) is 0.767. The van der Waals surface area contributed by atoms with E-state index in [1.165, 1.54) is 6.07 Å². The fraction of sp³-hybridized carbons (Fsp3) is 0.235. The molecule has 2 aromatic carbocycles. The zero-order valence-corrected chi connectivity index (χ0v) is 15.0. The number of alkyl halides is 3. The van der Waals surface area contributed by atoms with E-state index in [0.29, 0.717) is 0 Å². The first-order valence-corrected chi connectivity index (χ1v) is 9.66. The van der Waals surface area contributed by atoms with Gasteiger partial charge < -0.3 is 9.84 Å². The molecule has 5 nitrogen and oxygen atoms in total. The van der Waals surface area contributed by atoms with Crippen LogP contribution in [-0.2, 0) is 16.3 Å². The molecule has 0 heterocycles. The van der Waals surface area contributed by atoms with Crippen LogP contribution in [0.1, 0.15) is 22.8 Å². The van der Waals surface area contributed by atoms with Crippen LogP contribution in [-0.4, -0.2) is 24.7 Å². The maximum absolute atomic E-state index is 14.1. The van der Waals surface area contributed by atoms with E-state index < -0.39 is 49.8 Å². The second-order valence-electron chi connectivity index (χ2n) is 5.91. The van der Waals surface area contributed by atoms with Crippen LogP contribution < -0.4 is 4.74 Å². The minimum Gasteiger partial charge on any atom is -0.457 e. The Morgan fingerprint density at radius 1 is 1.33 bits per heavy atom. The van der Waals surface area contributed by atoms with Crippen LogP contribution >= 0.6 is 11.6 Å². The molecule has 0 saturated heterocycles. The first-order valence-electron chi connectivity index (χ1n) is 7.48. The van der Waals surface area contributed by atoms with Gasteiger partial charge in [-0.3, -0.25) is 0 Å². The van der Waals surface area contributed by atoms with E-state index in [9.17, 15) is 26.7 Å². The predicted molar refractivity (Wildman–Crippen MR) is 89.1 cm³/mol. The highest BCUT2D eigenvalue weighted by Crippen LogP contribution is 2.49. The minimum atomic E-state index is -4.10. The van der Waals surface area contributed by atoms with E-state index in [0.717, 1.165) is 24.3 Å². The molecule has 0 fully saturated rings. The highest BCUT2D eigenvalue weighted by Gasteiger charge is 2.50. The third-order valence-corrected chi connectivity index (χ3v) is 6.24. The number of aliphatic hydroxyl groups excluding tert-OH is 1. The van der Waals surface area contributed by atoms with Crippen molar-refractivity contribution in [1.82, 2.24) is 0 Å². The van der Waals surface area contributed by atoms with Crippen LogP contribution in [0.15, 0.2) is 35.2 Å². The van der Waals surface area contributed by atoms with Crippen LogP contribution in [0.5, 0.6) is 11.5 Å². The largest absolute Gasteiger partial charge is 0.457 e. The fourth-order valence-corrected chi connectivity index (χ4v) is 4.20. The highest BCUT2D eigenvalue weighted by atomic mass is 35.5. The summed E-state index contributed by atoms with van der Waals surface area (Å²) in [5, 5.41) is 18.0. The first kappa shape index (κ1) is 19.5. The molecule has 1 atom stereocenters. The van der Waals surface area contributed by atoms with Crippen molar-refractivity contribution < 1.29 is 31.4 Å². The molecular formula is C17H11ClF3NO4S. The van der Waals surface area contributed by atoms with E-state index in [-0.39, 0.29) is 22.6 Å². The summed E-state index contributed by atoms with van der Waals surface area (Å²) in [6.07, 6.45) is -3.32. The molecule has 0 bridgehead atoms. The molecule has 0 unspecified atom stereocenters. The van der Waals surface area contributed by atoms with Gasteiger partial charge in [-0.1, -0.05) is 0 Å².